The smallest absolute Gasteiger partial charge is 0.322 e. The van der Waals surface area contributed by atoms with Crippen LogP contribution in [0, 0.1) is 5.92 Å². The third kappa shape index (κ3) is 5.70. The van der Waals surface area contributed by atoms with Gasteiger partial charge in [-0.3, -0.25) is 4.79 Å². The van der Waals surface area contributed by atoms with Gasteiger partial charge in [0.25, 0.3) is 5.91 Å². The Hall–Kier alpha value is -2.12. The summed E-state index contributed by atoms with van der Waals surface area (Å²) in [6, 6.07) is 6.79. The number of urea groups is 1. The van der Waals surface area contributed by atoms with E-state index < -0.39 is 0 Å². The molecule has 1 aliphatic rings. The second kappa shape index (κ2) is 9.59. The Bertz CT molecular complexity index is 862. The molecular weight excluding hydrogens is 408 g/mol. The van der Waals surface area contributed by atoms with Gasteiger partial charge in [-0.2, -0.15) is 0 Å². The van der Waals surface area contributed by atoms with Crippen molar-refractivity contribution in [2.24, 2.45) is 5.92 Å². The van der Waals surface area contributed by atoms with Crippen molar-refractivity contribution in [2.75, 3.05) is 18.4 Å². The zero-order valence-electron chi connectivity index (χ0n) is 17.0. The summed E-state index contributed by atoms with van der Waals surface area (Å²) in [4.78, 5) is 33.6. The number of rotatable bonds is 5. The number of piperidine rings is 1. The van der Waals surface area contributed by atoms with Crippen molar-refractivity contribution < 1.29 is 9.59 Å². The van der Waals surface area contributed by atoms with E-state index in [2.05, 4.69) is 17.2 Å². The maximum absolute atomic E-state index is 12.8. The van der Waals surface area contributed by atoms with Crippen LogP contribution in [0.25, 0.3) is 0 Å². The van der Waals surface area contributed by atoms with Crippen LogP contribution < -0.4 is 5.32 Å². The number of carbonyl (C=O) groups is 2. The van der Waals surface area contributed by atoms with Crippen molar-refractivity contribution in [1.82, 2.24) is 14.8 Å². The van der Waals surface area contributed by atoms with E-state index in [1.807, 2.05) is 18.7 Å². The van der Waals surface area contributed by atoms with Gasteiger partial charge in [-0.15, -0.1) is 11.3 Å². The molecule has 1 saturated heterocycles. The van der Waals surface area contributed by atoms with Crippen molar-refractivity contribution in [3.8, 4) is 0 Å². The second-order valence-corrected chi connectivity index (χ2v) is 9.14. The zero-order valence-corrected chi connectivity index (χ0v) is 18.6. The number of anilines is 1. The summed E-state index contributed by atoms with van der Waals surface area (Å²) in [7, 11) is 0. The summed E-state index contributed by atoms with van der Waals surface area (Å²) in [6.45, 7) is 8.04. The maximum atomic E-state index is 12.8. The molecular formula is C21H27ClN4O2S. The minimum atomic E-state index is -0.227. The van der Waals surface area contributed by atoms with Crippen LogP contribution in [0.3, 0.4) is 0 Å². The lowest BCUT2D eigenvalue weighted by molar-refractivity contribution is 0.0692. The first kappa shape index (κ1) is 21.6. The fraction of sp³-hybridized carbons (Fsp3) is 0.476. The van der Waals surface area contributed by atoms with E-state index in [4.69, 9.17) is 11.6 Å². The van der Waals surface area contributed by atoms with Crippen molar-refractivity contribution in [1.29, 1.82) is 0 Å². The Kier molecular flexibility index (Phi) is 7.14. The van der Waals surface area contributed by atoms with Crippen LogP contribution >= 0.6 is 22.9 Å². The molecule has 1 fully saturated rings. The van der Waals surface area contributed by atoms with Crippen molar-refractivity contribution in [3.05, 3.63) is 45.4 Å². The number of thiazole rings is 1. The Balaban J connectivity index is 1.65. The van der Waals surface area contributed by atoms with E-state index in [0.29, 0.717) is 28.9 Å². The third-order valence-corrected chi connectivity index (χ3v) is 6.18. The van der Waals surface area contributed by atoms with Crippen LogP contribution in [0.1, 0.15) is 49.1 Å². The highest BCUT2D eigenvalue weighted by molar-refractivity contribution is 7.09. The number of nitrogens with one attached hydrogen (secondary N) is 1. The van der Waals surface area contributed by atoms with Crippen LogP contribution in [-0.4, -0.2) is 45.9 Å². The molecule has 156 valence electrons. The van der Waals surface area contributed by atoms with Gasteiger partial charge in [-0.25, -0.2) is 9.78 Å². The largest absolute Gasteiger partial charge is 0.337 e. The molecule has 0 unspecified atom stereocenters. The molecule has 8 heteroatoms. The summed E-state index contributed by atoms with van der Waals surface area (Å²) in [5.74, 6) is 0.654. The first-order chi connectivity index (χ1) is 13.8. The van der Waals surface area contributed by atoms with Crippen LogP contribution in [0.15, 0.2) is 29.6 Å². The molecule has 0 saturated carbocycles. The average molecular weight is 435 g/mol. The standard InChI is InChI=1S/C21H27ClN4O2S/c1-14(2)26(21(28)23-17-6-4-5-16(22)11-17)12-19-24-18(13-29-19)20(27)25-9-7-15(3)8-10-25/h4-6,11,13-15H,7-10,12H2,1-3H3,(H,23,28). The fourth-order valence-electron chi connectivity index (χ4n) is 3.25. The van der Waals surface area contributed by atoms with Crippen LogP contribution in [-0.2, 0) is 6.54 Å². The van der Waals surface area contributed by atoms with Gasteiger partial charge in [0.1, 0.15) is 10.7 Å². The Labute approximate surface area is 180 Å². The molecule has 0 atom stereocenters. The highest BCUT2D eigenvalue weighted by Crippen LogP contribution is 2.21. The summed E-state index contributed by atoms with van der Waals surface area (Å²) in [5, 5.41) is 5.98. The molecule has 3 amide bonds. The van der Waals surface area contributed by atoms with Gasteiger partial charge in [0.2, 0.25) is 0 Å². The van der Waals surface area contributed by atoms with E-state index in [-0.39, 0.29) is 18.0 Å². The number of aromatic nitrogens is 1. The molecule has 3 rings (SSSR count). The zero-order chi connectivity index (χ0) is 21.0. The number of carbonyl (C=O) groups excluding carboxylic acids is 2. The molecule has 1 aromatic carbocycles. The highest BCUT2D eigenvalue weighted by atomic mass is 35.5. The van der Waals surface area contributed by atoms with E-state index in [1.54, 1.807) is 34.5 Å². The molecule has 2 aromatic rings. The van der Waals surface area contributed by atoms with Crippen molar-refractivity contribution >= 4 is 40.6 Å². The first-order valence-corrected chi connectivity index (χ1v) is 11.2. The molecule has 1 aliphatic heterocycles. The summed E-state index contributed by atoms with van der Waals surface area (Å²) in [6.07, 6.45) is 2.07. The van der Waals surface area contributed by atoms with E-state index in [9.17, 15) is 9.59 Å². The number of halogens is 1. The van der Waals surface area contributed by atoms with Crippen LogP contribution in [0.2, 0.25) is 5.02 Å². The van der Waals surface area contributed by atoms with Crippen molar-refractivity contribution in [3.63, 3.8) is 0 Å². The van der Waals surface area contributed by atoms with E-state index >= 15 is 0 Å². The predicted octanol–water partition coefficient (Wildman–Crippen LogP) is 5.11. The van der Waals surface area contributed by atoms with Crippen LogP contribution in [0.5, 0.6) is 0 Å². The Morgan fingerprint density at radius 3 is 2.72 bits per heavy atom. The molecule has 1 aromatic heterocycles. The first-order valence-electron chi connectivity index (χ1n) is 9.90. The third-order valence-electron chi connectivity index (χ3n) is 5.11. The molecule has 2 heterocycles. The minimum Gasteiger partial charge on any atom is -0.337 e. The minimum absolute atomic E-state index is 0.0149. The molecule has 1 N–H and O–H groups in total. The average Bonchev–Trinajstić information content (AvgIpc) is 3.14. The maximum Gasteiger partial charge on any atom is 0.322 e. The van der Waals surface area contributed by atoms with E-state index in [1.165, 1.54) is 11.3 Å². The lowest BCUT2D eigenvalue weighted by Crippen LogP contribution is -2.39. The highest BCUT2D eigenvalue weighted by Gasteiger charge is 2.24. The summed E-state index contributed by atoms with van der Waals surface area (Å²) < 4.78 is 0. The molecule has 0 radical (unpaired) electrons. The second-order valence-electron chi connectivity index (χ2n) is 7.76. The quantitative estimate of drug-likeness (QED) is 0.710. The van der Waals surface area contributed by atoms with Gasteiger partial charge in [0.15, 0.2) is 0 Å². The van der Waals surface area contributed by atoms with Crippen LogP contribution in [0.4, 0.5) is 10.5 Å². The van der Waals surface area contributed by atoms with Crippen molar-refractivity contribution in [2.45, 2.75) is 46.2 Å². The van der Waals surface area contributed by atoms with Gasteiger partial charge < -0.3 is 15.1 Å². The molecule has 0 bridgehead atoms. The van der Waals surface area contributed by atoms with Gasteiger partial charge in [0.05, 0.1) is 6.54 Å². The van der Waals surface area contributed by atoms with Gasteiger partial charge >= 0.3 is 6.03 Å². The summed E-state index contributed by atoms with van der Waals surface area (Å²) in [5.41, 5.74) is 1.11. The van der Waals surface area contributed by atoms with E-state index in [0.717, 1.165) is 30.9 Å². The number of hydrogen-bond donors (Lipinski definition) is 1. The predicted molar refractivity (Wildman–Crippen MR) is 118 cm³/mol. The number of hydrogen-bond acceptors (Lipinski definition) is 4. The molecule has 0 spiro atoms. The molecule has 6 nitrogen and oxygen atoms in total. The fourth-order valence-corrected chi connectivity index (χ4v) is 4.21. The lowest BCUT2D eigenvalue weighted by Gasteiger charge is -2.29. The summed E-state index contributed by atoms with van der Waals surface area (Å²) >= 11 is 7.41. The number of benzene rings is 1. The van der Waals surface area contributed by atoms with Gasteiger partial charge in [-0.1, -0.05) is 24.6 Å². The molecule has 29 heavy (non-hydrogen) atoms. The topological polar surface area (TPSA) is 65.5 Å². The monoisotopic (exact) mass is 434 g/mol. The van der Waals surface area contributed by atoms with Gasteiger partial charge in [-0.05, 0) is 50.8 Å². The normalized spacial score (nSPS) is 14.9. The SMILES string of the molecule is CC1CCN(C(=O)c2csc(CN(C(=O)Nc3cccc(Cl)c3)C(C)C)n2)CC1. The number of likely N-dealkylation sites (tertiary alicyclic amines) is 1. The number of amides is 3. The lowest BCUT2D eigenvalue weighted by atomic mass is 9.99. The number of nitrogens with zero attached hydrogens (tertiary/aromatic N) is 3. The molecule has 0 aliphatic carbocycles. The Morgan fingerprint density at radius 1 is 1.34 bits per heavy atom. The Morgan fingerprint density at radius 2 is 2.07 bits per heavy atom. The van der Waals surface area contributed by atoms with Gasteiger partial charge in [0, 0.05) is 35.2 Å².